The summed E-state index contributed by atoms with van der Waals surface area (Å²) in [7, 11) is 2.15. The maximum Gasteiger partial charge on any atom is 0.194 e. The van der Waals surface area contributed by atoms with Gasteiger partial charge >= 0.3 is 0 Å². The predicted molar refractivity (Wildman–Crippen MR) is 91.5 cm³/mol. The topological polar surface area (TPSA) is 39.3 Å². The van der Waals surface area contributed by atoms with E-state index in [1.807, 2.05) is 19.1 Å². The van der Waals surface area contributed by atoms with Crippen molar-refractivity contribution in [2.24, 2.45) is 0 Å². The number of hydrogen-bond acceptors (Lipinski definition) is 3. The minimum absolute atomic E-state index is 0.195. The third kappa shape index (κ3) is 2.94. The Morgan fingerprint density at radius 2 is 1.91 bits per heavy atom. The molecule has 1 fully saturated rings. The van der Waals surface area contributed by atoms with E-state index < -0.39 is 0 Å². The molecule has 1 aliphatic heterocycles. The Hall–Kier alpha value is -1.65. The van der Waals surface area contributed by atoms with Gasteiger partial charge in [-0.15, -0.1) is 0 Å². The van der Waals surface area contributed by atoms with Crippen LogP contribution >= 0.6 is 0 Å². The SMILES string of the molecule is CCc1ccc2[nH]c(C)c(CN3CCN(C)CC3)c(=O)c2c1. The average Bonchev–Trinajstić information content (AvgIpc) is 2.53. The summed E-state index contributed by atoms with van der Waals surface area (Å²) < 4.78 is 0. The zero-order valence-corrected chi connectivity index (χ0v) is 13.8. The highest BCUT2D eigenvalue weighted by atomic mass is 16.1. The summed E-state index contributed by atoms with van der Waals surface area (Å²) in [5, 5.41) is 0.828. The van der Waals surface area contributed by atoms with E-state index in [4.69, 9.17) is 0 Å². The highest BCUT2D eigenvalue weighted by Gasteiger charge is 2.17. The van der Waals surface area contributed by atoms with Gasteiger partial charge in [0.25, 0.3) is 0 Å². The lowest BCUT2D eigenvalue weighted by Crippen LogP contribution is -2.44. The zero-order valence-electron chi connectivity index (χ0n) is 13.8. The summed E-state index contributed by atoms with van der Waals surface area (Å²) >= 11 is 0. The minimum atomic E-state index is 0.195. The van der Waals surface area contributed by atoms with Gasteiger partial charge in [-0.1, -0.05) is 13.0 Å². The van der Waals surface area contributed by atoms with Crippen LogP contribution in [0.3, 0.4) is 0 Å². The zero-order chi connectivity index (χ0) is 15.7. The number of nitrogens with zero attached hydrogens (tertiary/aromatic N) is 2. The molecule has 1 aromatic heterocycles. The molecule has 1 saturated heterocycles. The molecule has 0 aliphatic carbocycles. The molecule has 0 amide bonds. The summed E-state index contributed by atoms with van der Waals surface area (Å²) in [6.07, 6.45) is 0.955. The normalized spacial score (nSPS) is 17.2. The number of piperazine rings is 1. The molecule has 22 heavy (non-hydrogen) atoms. The van der Waals surface area contributed by atoms with Crippen LogP contribution in [0, 0.1) is 6.92 Å². The molecule has 1 aromatic carbocycles. The molecule has 4 heteroatoms. The molecule has 0 unspecified atom stereocenters. The van der Waals surface area contributed by atoms with Crippen LogP contribution in [0.15, 0.2) is 23.0 Å². The minimum Gasteiger partial charge on any atom is -0.358 e. The molecule has 0 atom stereocenters. The van der Waals surface area contributed by atoms with Crippen molar-refractivity contribution in [1.29, 1.82) is 0 Å². The first-order chi connectivity index (χ1) is 10.6. The molecular weight excluding hydrogens is 274 g/mol. The fourth-order valence-electron chi connectivity index (χ4n) is 3.14. The monoisotopic (exact) mass is 299 g/mol. The smallest absolute Gasteiger partial charge is 0.194 e. The Morgan fingerprint density at radius 1 is 1.18 bits per heavy atom. The number of rotatable bonds is 3. The number of nitrogens with one attached hydrogen (secondary N) is 1. The van der Waals surface area contributed by atoms with Crippen molar-refractivity contribution >= 4 is 10.9 Å². The van der Waals surface area contributed by atoms with Crippen molar-refractivity contribution in [3.8, 4) is 0 Å². The van der Waals surface area contributed by atoms with Crippen LogP contribution in [0.5, 0.6) is 0 Å². The first kappa shape index (κ1) is 15.3. The summed E-state index contributed by atoms with van der Waals surface area (Å²) in [6, 6.07) is 6.17. The van der Waals surface area contributed by atoms with E-state index in [2.05, 4.69) is 34.8 Å². The summed E-state index contributed by atoms with van der Waals surface area (Å²) in [5.74, 6) is 0. The number of aromatic nitrogens is 1. The van der Waals surface area contributed by atoms with Gasteiger partial charge in [-0.3, -0.25) is 9.69 Å². The van der Waals surface area contributed by atoms with E-state index in [9.17, 15) is 4.79 Å². The lowest BCUT2D eigenvalue weighted by atomic mass is 10.0. The largest absolute Gasteiger partial charge is 0.358 e. The highest BCUT2D eigenvalue weighted by Crippen LogP contribution is 2.15. The second-order valence-electron chi connectivity index (χ2n) is 6.37. The van der Waals surface area contributed by atoms with Crippen LogP contribution in [0.25, 0.3) is 10.9 Å². The van der Waals surface area contributed by atoms with Crippen molar-refractivity contribution in [3.05, 3.63) is 45.2 Å². The summed E-state index contributed by atoms with van der Waals surface area (Å²) in [5.41, 5.74) is 4.28. The number of pyridine rings is 1. The van der Waals surface area contributed by atoms with Gasteiger partial charge in [0.15, 0.2) is 5.43 Å². The average molecular weight is 299 g/mol. The molecule has 0 radical (unpaired) electrons. The third-order valence-electron chi connectivity index (χ3n) is 4.76. The van der Waals surface area contributed by atoms with Gasteiger partial charge < -0.3 is 9.88 Å². The van der Waals surface area contributed by atoms with E-state index >= 15 is 0 Å². The predicted octanol–water partition coefficient (Wildman–Crippen LogP) is 2.15. The van der Waals surface area contributed by atoms with Crippen molar-refractivity contribution in [2.45, 2.75) is 26.8 Å². The molecule has 4 nitrogen and oxygen atoms in total. The van der Waals surface area contributed by atoms with Crippen molar-refractivity contribution in [3.63, 3.8) is 0 Å². The van der Waals surface area contributed by atoms with Gasteiger partial charge in [0.1, 0.15) is 0 Å². The molecule has 1 N–H and O–H groups in total. The van der Waals surface area contributed by atoms with Crippen LogP contribution in [-0.2, 0) is 13.0 Å². The Bertz CT molecular complexity index is 727. The number of hydrogen-bond donors (Lipinski definition) is 1. The third-order valence-corrected chi connectivity index (χ3v) is 4.76. The van der Waals surface area contributed by atoms with Crippen LogP contribution < -0.4 is 5.43 Å². The van der Waals surface area contributed by atoms with Crippen LogP contribution in [0.4, 0.5) is 0 Å². The molecular formula is C18H25N3O. The maximum absolute atomic E-state index is 12.9. The number of aromatic amines is 1. The standard InChI is InChI=1S/C18H25N3O/c1-4-14-5-6-17-15(11-14)18(22)16(13(2)19-17)12-21-9-7-20(3)8-10-21/h5-6,11H,4,7-10,12H2,1-3H3,(H,19,22). The lowest BCUT2D eigenvalue weighted by molar-refractivity contribution is 0.147. The van der Waals surface area contributed by atoms with Gasteiger partial charge in [-0.2, -0.15) is 0 Å². The van der Waals surface area contributed by atoms with E-state index in [-0.39, 0.29) is 5.43 Å². The fraction of sp³-hybridized carbons (Fsp3) is 0.500. The summed E-state index contributed by atoms with van der Waals surface area (Å²) in [6.45, 7) is 9.09. The quantitative estimate of drug-likeness (QED) is 0.944. The number of benzene rings is 1. The Morgan fingerprint density at radius 3 is 2.59 bits per heavy atom. The molecule has 0 spiro atoms. The van der Waals surface area contributed by atoms with E-state index in [0.29, 0.717) is 0 Å². The number of fused-ring (bicyclic) bond motifs is 1. The van der Waals surface area contributed by atoms with Crippen LogP contribution in [0.1, 0.15) is 23.7 Å². The van der Waals surface area contributed by atoms with Crippen LogP contribution in [0.2, 0.25) is 0 Å². The second-order valence-corrected chi connectivity index (χ2v) is 6.37. The molecule has 1 aliphatic rings. The van der Waals surface area contributed by atoms with E-state index in [1.54, 1.807) is 0 Å². The van der Waals surface area contributed by atoms with Gasteiger partial charge in [-0.05, 0) is 38.1 Å². The van der Waals surface area contributed by atoms with Gasteiger partial charge in [-0.25, -0.2) is 0 Å². The molecule has 2 aromatic rings. The highest BCUT2D eigenvalue weighted by molar-refractivity contribution is 5.80. The lowest BCUT2D eigenvalue weighted by Gasteiger charge is -2.32. The van der Waals surface area contributed by atoms with Crippen molar-refractivity contribution in [2.75, 3.05) is 33.2 Å². The van der Waals surface area contributed by atoms with Gasteiger partial charge in [0.05, 0.1) is 0 Å². The fourth-order valence-corrected chi connectivity index (χ4v) is 3.14. The van der Waals surface area contributed by atoms with Gasteiger partial charge in [0, 0.05) is 54.9 Å². The Balaban J connectivity index is 1.96. The molecule has 3 rings (SSSR count). The first-order valence-corrected chi connectivity index (χ1v) is 8.13. The maximum atomic E-state index is 12.9. The Labute approximate surface area is 131 Å². The van der Waals surface area contributed by atoms with Crippen molar-refractivity contribution < 1.29 is 0 Å². The van der Waals surface area contributed by atoms with Gasteiger partial charge in [0.2, 0.25) is 0 Å². The van der Waals surface area contributed by atoms with Crippen molar-refractivity contribution in [1.82, 2.24) is 14.8 Å². The molecule has 2 heterocycles. The molecule has 0 saturated carbocycles. The number of aryl methyl sites for hydroxylation is 2. The Kier molecular flexibility index (Phi) is 4.32. The number of likely N-dealkylation sites (N-methyl/N-ethyl adjacent to an activating group) is 1. The van der Waals surface area contributed by atoms with E-state index in [1.165, 1.54) is 5.56 Å². The first-order valence-electron chi connectivity index (χ1n) is 8.13. The van der Waals surface area contributed by atoms with Crippen LogP contribution in [-0.4, -0.2) is 48.0 Å². The molecule has 118 valence electrons. The summed E-state index contributed by atoms with van der Waals surface area (Å²) in [4.78, 5) is 21.0. The number of H-pyrrole nitrogens is 1. The van der Waals surface area contributed by atoms with E-state index in [0.717, 1.165) is 61.3 Å². The molecule has 0 bridgehead atoms. The second kappa shape index (κ2) is 6.23.